The Bertz CT molecular complexity index is 344. The zero-order valence-electron chi connectivity index (χ0n) is 12.5. The van der Waals surface area contributed by atoms with Gasteiger partial charge in [0.15, 0.2) is 18.9 Å². The summed E-state index contributed by atoms with van der Waals surface area (Å²) in [6, 6.07) is 5.14. The van der Waals surface area contributed by atoms with Crippen LogP contribution in [0.1, 0.15) is 25.3 Å². The Morgan fingerprint density at radius 2 is 1.63 bits per heavy atom. The molecule has 0 saturated heterocycles. The molecule has 0 amide bonds. The van der Waals surface area contributed by atoms with Gasteiger partial charge in [-0.2, -0.15) is 0 Å². The maximum atomic E-state index is 5.42. The summed E-state index contributed by atoms with van der Waals surface area (Å²) in [5.41, 5.74) is 1.40. The Labute approximate surface area is 117 Å². The van der Waals surface area contributed by atoms with Crippen molar-refractivity contribution in [1.82, 2.24) is 0 Å². The summed E-state index contributed by atoms with van der Waals surface area (Å²) in [5.74, 6) is 0. The van der Waals surface area contributed by atoms with Gasteiger partial charge in [-0.25, -0.2) is 4.57 Å². The summed E-state index contributed by atoms with van der Waals surface area (Å²) in [5, 5.41) is 0. The van der Waals surface area contributed by atoms with Crippen molar-refractivity contribution in [1.29, 1.82) is 0 Å². The maximum Gasteiger partial charge on any atom is 0.506 e. The smallest absolute Gasteiger partial charge is 0.377 e. The van der Waals surface area contributed by atoms with E-state index in [1.54, 1.807) is 21.3 Å². The molecule has 1 aromatic heterocycles. The monoisotopic (exact) mass is 284 g/mol. The molecule has 108 valence electrons. The molecule has 1 aromatic rings. The summed E-state index contributed by atoms with van der Waals surface area (Å²) in [7, 11) is 2.50. The fourth-order valence-electron chi connectivity index (χ4n) is 2.01. The van der Waals surface area contributed by atoms with Crippen molar-refractivity contribution in [3.63, 3.8) is 0 Å². The minimum Gasteiger partial charge on any atom is -0.377 e. The van der Waals surface area contributed by atoms with E-state index in [9.17, 15) is 0 Å². The van der Waals surface area contributed by atoms with Crippen LogP contribution in [0.3, 0.4) is 0 Å². The molecule has 5 heteroatoms. The number of hydrogen-bond acceptors (Lipinski definition) is 3. The van der Waals surface area contributed by atoms with E-state index in [0.717, 1.165) is 19.0 Å². The number of aromatic nitrogens is 1. The van der Waals surface area contributed by atoms with Gasteiger partial charge in [-0.3, -0.25) is 0 Å². The fourth-order valence-corrected chi connectivity index (χ4v) is 3.65. The highest BCUT2D eigenvalue weighted by molar-refractivity contribution is 6.60. The van der Waals surface area contributed by atoms with Crippen molar-refractivity contribution >= 4 is 8.80 Å². The van der Waals surface area contributed by atoms with Gasteiger partial charge in [-0.05, 0) is 18.4 Å². The van der Waals surface area contributed by atoms with E-state index in [1.165, 1.54) is 18.4 Å². The lowest BCUT2D eigenvalue weighted by Gasteiger charge is -2.22. The number of aryl methyl sites for hydroxylation is 2. The van der Waals surface area contributed by atoms with Crippen LogP contribution in [0.25, 0.3) is 0 Å². The van der Waals surface area contributed by atoms with Gasteiger partial charge in [0.05, 0.1) is 6.04 Å². The topological polar surface area (TPSA) is 31.6 Å². The molecule has 0 atom stereocenters. The van der Waals surface area contributed by atoms with E-state index < -0.39 is 8.80 Å². The van der Waals surface area contributed by atoms with Crippen molar-refractivity contribution in [2.75, 3.05) is 21.3 Å². The largest absolute Gasteiger partial charge is 0.506 e. The quantitative estimate of drug-likeness (QED) is 0.514. The molecule has 0 aliphatic heterocycles. The zero-order valence-corrected chi connectivity index (χ0v) is 13.5. The van der Waals surface area contributed by atoms with Gasteiger partial charge < -0.3 is 13.3 Å². The van der Waals surface area contributed by atoms with E-state index in [-0.39, 0.29) is 0 Å². The third-order valence-electron chi connectivity index (χ3n) is 3.39. The van der Waals surface area contributed by atoms with Gasteiger partial charge in [0.2, 0.25) is 0 Å². The Hall–Kier alpha value is -0.753. The predicted octanol–water partition coefficient (Wildman–Crippen LogP) is 2.19. The van der Waals surface area contributed by atoms with Crippen molar-refractivity contribution < 1.29 is 17.8 Å². The third-order valence-corrected chi connectivity index (χ3v) is 6.09. The van der Waals surface area contributed by atoms with E-state index in [2.05, 4.69) is 36.0 Å². The molecule has 1 rings (SSSR count). The first-order valence-corrected chi connectivity index (χ1v) is 8.76. The lowest BCUT2D eigenvalue weighted by Crippen LogP contribution is -2.47. The van der Waals surface area contributed by atoms with E-state index in [1.807, 2.05) is 0 Å². The highest BCUT2D eigenvalue weighted by atomic mass is 28.4. The van der Waals surface area contributed by atoms with Crippen molar-refractivity contribution in [3.05, 3.63) is 30.1 Å². The first-order valence-electron chi connectivity index (χ1n) is 6.83. The molecular formula is C14H26NO3Si+. The Morgan fingerprint density at radius 1 is 1.05 bits per heavy atom. The van der Waals surface area contributed by atoms with Crippen LogP contribution in [0, 0.1) is 0 Å². The van der Waals surface area contributed by atoms with Crippen LogP contribution >= 0.6 is 0 Å². The number of rotatable bonds is 9. The second kappa shape index (κ2) is 8.42. The number of hydrogen-bond donors (Lipinski definition) is 0. The van der Waals surface area contributed by atoms with Gasteiger partial charge in [-0.15, -0.1) is 0 Å². The van der Waals surface area contributed by atoms with Gasteiger partial charge in [0.25, 0.3) is 0 Å². The Balaban J connectivity index is 2.53. The summed E-state index contributed by atoms with van der Waals surface area (Å²) in [6.45, 7) is 3.06. The number of pyridine rings is 1. The van der Waals surface area contributed by atoms with Crippen molar-refractivity contribution in [2.24, 2.45) is 0 Å². The summed E-state index contributed by atoms with van der Waals surface area (Å²) >= 11 is 0. The molecule has 0 aliphatic rings. The van der Waals surface area contributed by atoms with E-state index >= 15 is 0 Å². The first kappa shape index (κ1) is 16.3. The SMILES string of the molecule is CCCCc1cc[n+](CC[Si](OC)(OC)OC)cc1. The average Bonchev–Trinajstić information content (AvgIpc) is 2.48. The molecule has 0 fully saturated rings. The molecule has 0 unspecified atom stereocenters. The summed E-state index contributed by atoms with van der Waals surface area (Å²) in [6.07, 6.45) is 7.87. The molecular weight excluding hydrogens is 258 g/mol. The van der Waals surface area contributed by atoms with Crippen LogP contribution in [-0.4, -0.2) is 30.1 Å². The lowest BCUT2D eigenvalue weighted by atomic mass is 10.1. The molecule has 0 N–H and O–H groups in total. The Morgan fingerprint density at radius 3 is 2.11 bits per heavy atom. The molecule has 0 saturated carbocycles. The first-order chi connectivity index (χ1) is 9.19. The number of unbranched alkanes of at least 4 members (excludes halogenated alkanes) is 1. The third kappa shape index (κ3) is 5.02. The minimum absolute atomic E-state index is 0.773. The molecule has 0 bridgehead atoms. The van der Waals surface area contributed by atoms with Crippen LogP contribution in [-0.2, 0) is 26.2 Å². The van der Waals surface area contributed by atoms with Crippen molar-refractivity contribution in [2.45, 2.75) is 38.8 Å². The molecule has 1 heterocycles. The summed E-state index contributed by atoms with van der Waals surface area (Å²) in [4.78, 5) is 0. The van der Waals surface area contributed by atoms with Gasteiger partial charge >= 0.3 is 8.80 Å². The maximum absolute atomic E-state index is 5.42. The lowest BCUT2D eigenvalue weighted by molar-refractivity contribution is -0.694. The minimum atomic E-state index is -2.46. The van der Waals surface area contributed by atoms with Gasteiger partial charge in [-0.1, -0.05) is 13.3 Å². The Kier molecular flexibility index (Phi) is 7.23. The summed E-state index contributed by atoms with van der Waals surface area (Å²) < 4.78 is 18.4. The molecule has 0 aliphatic carbocycles. The molecule has 0 radical (unpaired) electrons. The second-order valence-corrected chi connectivity index (χ2v) is 7.68. The van der Waals surface area contributed by atoms with Crippen LogP contribution < -0.4 is 4.57 Å². The molecule has 4 nitrogen and oxygen atoms in total. The highest BCUT2D eigenvalue weighted by Crippen LogP contribution is 2.12. The van der Waals surface area contributed by atoms with E-state index in [4.69, 9.17) is 13.3 Å². The van der Waals surface area contributed by atoms with Crippen LogP contribution in [0.4, 0.5) is 0 Å². The van der Waals surface area contributed by atoms with Crippen LogP contribution in [0.15, 0.2) is 24.5 Å². The number of nitrogens with zero attached hydrogens (tertiary/aromatic N) is 1. The molecule has 0 aromatic carbocycles. The normalized spacial score (nSPS) is 11.8. The van der Waals surface area contributed by atoms with Crippen LogP contribution in [0.2, 0.25) is 6.04 Å². The van der Waals surface area contributed by atoms with Gasteiger partial charge in [0.1, 0.15) is 0 Å². The van der Waals surface area contributed by atoms with Crippen molar-refractivity contribution in [3.8, 4) is 0 Å². The fraction of sp³-hybridized carbons (Fsp3) is 0.643. The van der Waals surface area contributed by atoms with E-state index in [0.29, 0.717) is 0 Å². The van der Waals surface area contributed by atoms with Crippen LogP contribution in [0.5, 0.6) is 0 Å². The highest BCUT2D eigenvalue weighted by Gasteiger charge is 2.38. The molecule has 19 heavy (non-hydrogen) atoms. The average molecular weight is 284 g/mol. The standard InChI is InChI=1S/C14H26NO3Si/c1-5-6-7-14-8-10-15(11-9-14)12-13-19(16-2,17-3)18-4/h8-11H,5-7,12-13H2,1-4H3/q+1. The second-order valence-electron chi connectivity index (χ2n) is 4.59. The van der Waals surface area contributed by atoms with Gasteiger partial charge in [0, 0.05) is 33.5 Å². The zero-order chi connectivity index (χ0) is 14.1. The molecule has 0 spiro atoms. The predicted molar refractivity (Wildman–Crippen MR) is 76.8 cm³/mol.